The molecule has 0 radical (unpaired) electrons. The summed E-state index contributed by atoms with van der Waals surface area (Å²) in [6.45, 7) is 2.75. The molecule has 1 heterocycles. The van der Waals surface area contributed by atoms with Gasteiger partial charge >= 0.3 is 5.97 Å². The van der Waals surface area contributed by atoms with Gasteiger partial charge in [0.25, 0.3) is 0 Å². The number of aromatic nitrogens is 1. The molecule has 0 amide bonds. The maximum Gasteiger partial charge on any atom is 0.305 e. The van der Waals surface area contributed by atoms with E-state index in [-0.39, 0.29) is 12.0 Å². The van der Waals surface area contributed by atoms with E-state index in [0.717, 1.165) is 42.9 Å². The lowest BCUT2D eigenvalue weighted by atomic mass is 9.78. The standard InChI is InChI=1S/C14H22N2O2S/c1-11-10-19-12(15-11)9-16(2)14(8-13(17)18)6-4-3-5-7-14/h10H,3-9H2,1-2H3,(H,17,18). The number of hydrogen-bond donors (Lipinski definition) is 1. The second-order valence-electron chi connectivity index (χ2n) is 5.59. The first kappa shape index (κ1) is 14.5. The maximum absolute atomic E-state index is 11.2. The molecule has 2 rings (SSSR count). The fourth-order valence-corrected chi connectivity index (χ4v) is 3.85. The molecule has 19 heavy (non-hydrogen) atoms. The lowest BCUT2D eigenvalue weighted by Crippen LogP contribution is -2.49. The van der Waals surface area contributed by atoms with Crippen LogP contribution in [0.15, 0.2) is 5.38 Å². The van der Waals surface area contributed by atoms with E-state index in [2.05, 4.69) is 9.88 Å². The number of thiazole rings is 1. The van der Waals surface area contributed by atoms with E-state index in [1.165, 1.54) is 6.42 Å². The highest BCUT2D eigenvalue weighted by atomic mass is 32.1. The number of hydrogen-bond acceptors (Lipinski definition) is 4. The Kier molecular flexibility index (Phi) is 4.58. The van der Waals surface area contributed by atoms with Crippen molar-refractivity contribution >= 4 is 17.3 Å². The number of nitrogens with zero attached hydrogens (tertiary/aromatic N) is 2. The van der Waals surface area contributed by atoms with Crippen molar-refractivity contribution in [3.8, 4) is 0 Å². The highest BCUT2D eigenvalue weighted by Gasteiger charge is 2.38. The molecule has 1 aromatic heterocycles. The lowest BCUT2D eigenvalue weighted by Gasteiger charge is -2.43. The summed E-state index contributed by atoms with van der Waals surface area (Å²) in [5.41, 5.74) is 0.869. The van der Waals surface area contributed by atoms with Gasteiger partial charge in [-0.25, -0.2) is 4.98 Å². The smallest absolute Gasteiger partial charge is 0.305 e. The van der Waals surface area contributed by atoms with Crippen LogP contribution < -0.4 is 0 Å². The number of rotatable bonds is 5. The van der Waals surface area contributed by atoms with Crippen molar-refractivity contribution in [1.29, 1.82) is 0 Å². The summed E-state index contributed by atoms with van der Waals surface area (Å²) in [5.74, 6) is -0.691. The average molecular weight is 282 g/mol. The Bertz CT molecular complexity index is 438. The van der Waals surface area contributed by atoms with Crippen LogP contribution in [0.25, 0.3) is 0 Å². The maximum atomic E-state index is 11.2. The summed E-state index contributed by atoms with van der Waals surface area (Å²) in [7, 11) is 2.05. The van der Waals surface area contributed by atoms with Gasteiger partial charge in [0, 0.05) is 16.6 Å². The van der Waals surface area contributed by atoms with E-state index >= 15 is 0 Å². The molecule has 1 fully saturated rings. The van der Waals surface area contributed by atoms with Gasteiger partial charge in [-0.3, -0.25) is 9.69 Å². The van der Waals surface area contributed by atoms with Gasteiger partial charge in [-0.1, -0.05) is 19.3 Å². The third-order valence-electron chi connectivity index (χ3n) is 4.11. The van der Waals surface area contributed by atoms with Crippen LogP contribution in [-0.4, -0.2) is 33.5 Å². The van der Waals surface area contributed by atoms with Gasteiger partial charge in [0.2, 0.25) is 0 Å². The second kappa shape index (κ2) is 6.01. The van der Waals surface area contributed by atoms with Crippen molar-refractivity contribution in [2.75, 3.05) is 7.05 Å². The zero-order chi connectivity index (χ0) is 13.9. The van der Waals surface area contributed by atoms with Crippen LogP contribution in [0.4, 0.5) is 0 Å². The topological polar surface area (TPSA) is 53.4 Å². The summed E-state index contributed by atoms with van der Waals surface area (Å²) in [6.07, 6.45) is 5.71. The number of aliphatic carboxylic acids is 1. The minimum absolute atomic E-state index is 0.177. The molecule has 106 valence electrons. The van der Waals surface area contributed by atoms with Crippen LogP contribution in [0.1, 0.15) is 49.2 Å². The summed E-state index contributed by atoms with van der Waals surface area (Å²) in [4.78, 5) is 17.9. The minimum Gasteiger partial charge on any atom is -0.481 e. The number of carboxylic acids is 1. The van der Waals surface area contributed by atoms with Crippen molar-refractivity contribution in [3.63, 3.8) is 0 Å². The van der Waals surface area contributed by atoms with Gasteiger partial charge in [0.1, 0.15) is 5.01 Å². The first-order chi connectivity index (χ1) is 9.02. The summed E-state index contributed by atoms with van der Waals surface area (Å²) < 4.78 is 0. The molecule has 0 saturated heterocycles. The van der Waals surface area contributed by atoms with Gasteiger partial charge in [-0.05, 0) is 26.8 Å². The predicted molar refractivity (Wildman–Crippen MR) is 76.4 cm³/mol. The Balaban J connectivity index is 2.10. The fourth-order valence-electron chi connectivity index (χ4n) is 3.03. The SMILES string of the molecule is Cc1csc(CN(C)C2(CC(=O)O)CCCCC2)n1. The highest BCUT2D eigenvalue weighted by Crippen LogP contribution is 2.36. The van der Waals surface area contributed by atoms with E-state index in [1.807, 2.05) is 19.4 Å². The molecular formula is C14H22N2O2S. The van der Waals surface area contributed by atoms with Crippen LogP contribution in [-0.2, 0) is 11.3 Å². The Morgan fingerprint density at radius 2 is 2.16 bits per heavy atom. The Labute approximate surface area is 118 Å². The van der Waals surface area contributed by atoms with E-state index in [4.69, 9.17) is 0 Å². The molecule has 5 heteroatoms. The summed E-state index contributed by atoms with van der Waals surface area (Å²) >= 11 is 1.66. The molecule has 1 aliphatic carbocycles. The number of carbonyl (C=O) groups is 1. The van der Waals surface area contributed by atoms with Gasteiger partial charge in [0.15, 0.2) is 0 Å². The second-order valence-corrected chi connectivity index (χ2v) is 6.54. The Morgan fingerprint density at radius 3 is 2.68 bits per heavy atom. The molecule has 0 unspecified atom stereocenters. The van der Waals surface area contributed by atoms with Crippen LogP contribution >= 0.6 is 11.3 Å². The predicted octanol–water partition coefficient (Wildman–Crippen LogP) is 3.06. The highest BCUT2D eigenvalue weighted by molar-refractivity contribution is 7.09. The van der Waals surface area contributed by atoms with Gasteiger partial charge in [-0.15, -0.1) is 11.3 Å². The van der Waals surface area contributed by atoms with Gasteiger partial charge < -0.3 is 5.11 Å². The molecule has 0 atom stereocenters. The quantitative estimate of drug-likeness (QED) is 0.902. The van der Waals surface area contributed by atoms with Crippen LogP contribution in [0.5, 0.6) is 0 Å². The molecule has 1 aromatic rings. The van der Waals surface area contributed by atoms with E-state index in [9.17, 15) is 9.90 Å². The molecule has 0 aromatic carbocycles. The molecule has 0 bridgehead atoms. The molecule has 0 aliphatic heterocycles. The zero-order valence-corrected chi connectivity index (χ0v) is 12.5. The Morgan fingerprint density at radius 1 is 1.47 bits per heavy atom. The summed E-state index contributed by atoms with van der Waals surface area (Å²) in [6, 6.07) is 0. The van der Waals surface area contributed by atoms with Crippen LogP contribution in [0, 0.1) is 6.92 Å². The van der Waals surface area contributed by atoms with Crippen LogP contribution in [0.2, 0.25) is 0 Å². The van der Waals surface area contributed by atoms with Gasteiger partial charge in [-0.2, -0.15) is 0 Å². The third-order valence-corrected chi connectivity index (χ3v) is 5.06. The van der Waals surface area contributed by atoms with Crippen molar-refractivity contribution < 1.29 is 9.90 Å². The average Bonchev–Trinajstić information content (AvgIpc) is 2.75. The van der Waals surface area contributed by atoms with E-state index < -0.39 is 5.97 Å². The summed E-state index contributed by atoms with van der Waals surface area (Å²) in [5, 5.41) is 12.3. The molecule has 1 aliphatic rings. The molecular weight excluding hydrogens is 260 g/mol. The number of carboxylic acid groups (broad SMARTS) is 1. The normalized spacial score (nSPS) is 18.7. The first-order valence-corrected chi connectivity index (χ1v) is 7.74. The zero-order valence-electron chi connectivity index (χ0n) is 11.7. The van der Waals surface area contributed by atoms with Gasteiger partial charge in [0.05, 0.1) is 13.0 Å². The molecule has 0 spiro atoms. The van der Waals surface area contributed by atoms with Crippen molar-refractivity contribution in [3.05, 3.63) is 16.1 Å². The number of aryl methyl sites for hydroxylation is 1. The Hall–Kier alpha value is -0.940. The van der Waals surface area contributed by atoms with Crippen molar-refractivity contribution in [1.82, 2.24) is 9.88 Å². The largest absolute Gasteiger partial charge is 0.481 e. The van der Waals surface area contributed by atoms with E-state index in [0.29, 0.717) is 0 Å². The molecule has 1 N–H and O–H groups in total. The van der Waals surface area contributed by atoms with E-state index in [1.54, 1.807) is 11.3 Å². The monoisotopic (exact) mass is 282 g/mol. The first-order valence-electron chi connectivity index (χ1n) is 6.86. The fraction of sp³-hybridized carbons (Fsp3) is 0.714. The van der Waals surface area contributed by atoms with Crippen LogP contribution in [0.3, 0.4) is 0 Å². The minimum atomic E-state index is -0.691. The molecule has 1 saturated carbocycles. The third kappa shape index (κ3) is 3.54. The van der Waals surface area contributed by atoms with Crippen molar-refractivity contribution in [2.45, 2.75) is 57.5 Å². The lowest BCUT2D eigenvalue weighted by molar-refractivity contribution is -0.141. The molecule has 4 nitrogen and oxygen atoms in total. The van der Waals surface area contributed by atoms with Crippen molar-refractivity contribution in [2.24, 2.45) is 0 Å².